The Kier molecular flexibility index (Phi) is 3.69. The van der Waals surface area contributed by atoms with Gasteiger partial charge in [0.15, 0.2) is 0 Å². The van der Waals surface area contributed by atoms with Crippen molar-refractivity contribution in [2.75, 3.05) is 0 Å². The molecule has 0 spiro atoms. The monoisotopic (exact) mass is 353 g/mol. The van der Waals surface area contributed by atoms with E-state index in [1.54, 1.807) is 19.1 Å². The lowest BCUT2D eigenvalue weighted by molar-refractivity contribution is 0.0701. The molecular weight excluding hydrogens is 337 g/mol. The Labute approximate surface area is 148 Å². The molecule has 0 unspecified atom stereocenters. The SMILES string of the molecule is Cc1nc(C2(c3ccccc3F)Cc3ccccc3C2)sc1C(=O)O. The number of carboxylic acids is 1. The molecule has 4 rings (SSSR count). The van der Waals surface area contributed by atoms with Crippen LogP contribution in [0.25, 0.3) is 0 Å². The van der Waals surface area contributed by atoms with Gasteiger partial charge in [0.1, 0.15) is 15.7 Å². The fraction of sp³-hybridized carbons (Fsp3) is 0.200. The molecular formula is C20H16FNO2S. The number of aromatic nitrogens is 1. The second kappa shape index (κ2) is 5.77. The van der Waals surface area contributed by atoms with Gasteiger partial charge in [-0.3, -0.25) is 0 Å². The van der Waals surface area contributed by atoms with E-state index in [1.165, 1.54) is 6.07 Å². The molecule has 0 radical (unpaired) electrons. The molecule has 1 aliphatic carbocycles. The van der Waals surface area contributed by atoms with Crippen LogP contribution in [0.15, 0.2) is 48.5 Å². The third kappa shape index (κ3) is 2.46. The van der Waals surface area contributed by atoms with Crippen molar-refractivity contribution in [1.82, 2.24) is 4.98 Å². The van der Waals surface area contributed by atoms with Gasteiger partial charge in [-0.25, -0.2) is 14.2 Å². The van der Waals surface area contributed by atoms with Crippen LogP contribution in [0.3, 0.4) is 0 Å². The van der Waals surface area contributed by atoms with Crippen LogP contribution in [0.5, 0.6) is 0 Å². The fourth-order valence-electron chi connectivity index (χ4n) is 3.72. The van der Waals surface area contributed by atoms with Gasteiger partial charge in [-0.05, 0) is 37.0 Å². The number of aromatic carboxylic acids is 1. The standard InChI is InChI=1S/C20H16FNO2S/c1-12-17(18(23)24)25-19(22-12)20(15-8-4-5-9-16(15)21)10-13-6-2-3-7-14(13)11-20/h2-9H,10-11H2,1H3,(H,23,24). The molecule has 1 N–H and O–H groups in total. The number of hydrogen-bond donors (Lipinski definition) is 1. The molecule has 0 fully saturated rings. The highest BCUT2D eigenvalue weighted by molar-refractivity contribution is 7.13. The fourth-order valence-corrected chi connectivity index (χ4v) is 4.83. The zero-order chi connectivity index (χ0) is 17.6. The summed E-state index contributed by atoms with van der Waals surface area (Å²) in [7, 11) is 0. The van der Waals surface area contributed by atoms with Gasteiger partial charge in [-0.1, -0.05) is 42.5 Å². The maximum absolute atomic E-state index is 14.7. The lowest BCUT2D eigenvalue weighted by Gasteiger charge is -2.28. The molecule has 0 bridgehead atoms. The first-order valence-corrected chi connectivity index (χ1v) is 8.86. The first-order valence-electron chi connectivity index (χ1n) is 8.04. The van der Waals surface area contributed by atoms with Gasteiger partial charge in [-0.15, -0.1) is 11.3 Å². The summed E-state index contributed by atoms with van der Waals surface area (Å²) in [4.78, 5) is 16.3. The van der Waals surface area contributed by atoms with Crippen molar-refractivity contribution in [3.05, 3.63) is 86.6 Å². The quantitative estimate of drug-likeness (QED) is 0.760. The summed E-state index contributed by atoms with van der Waals surface area (Å²) >= 11 is 1.16. The number of aryl methyl sites for hydroxylation is 1. The molecule has 126 valence electrons. The molecule has 0 atom stereocenters. The summed E-state index contributed by atoms with van der Waals surface area (Å²) in [5.74, 6) is -1.26. The molecule has 0 saturated carbocycles. The zero-order valence-electron chi connectivity index (χ0n) is 13.6. The van der Waals surface area contributed by atoms with E-state index in [-0.39, 0.29) is 10.7 Å². The summed E-state index contributed by atoms with van der Waals surface area (Å²) in [6.45, 7) is 1.70. The van der Waals surface area contributed by atoms with Crippen molar-refractivity contribution in [3.63, 3.8) is 0 Å². The second-order valence-electron chi connectivity index (χ2n) is 6.42. The molecule has 5 heteroatoms. The van der Waals surface area contributed by atoms with E-state index >= 15 is 0 Å². The number of fused-ring (bicyclic) bond motifs is 1. The number of rotatable bonds is 3. The van der Waals surface area contributed by atoms with Gasteiger partial charge < -0.3 is 5.11 Å². The van der Waals surface area contributed by atoms with E-state index in [1.807, 2.05) is 18.2 Å². The number of nitrogens with zero attached hydrogens (tertiary/aromatic N) is 1. The second-order valence-corrected chi connectivity index (χ2v) is 7.42. The molecule has 2 aromatic carbocycles. The molecule has 1 aromatic heterocycles. The molecule has 3 aromatic rings. The highest BCUT2D eigenvalue weighted by Crippen LogP contribution is 2.47. The summed E-state index contributed by atoms with van der Waals surface area (Å²) in [6, 6.07) is 14.8. The van der Waals surface area contributed by atoms with E-state index in [4.69, 9.17) is 0 Å². The third-order valence-electron chi connectivity index (χ3n) is 4.89. The highest BCUT2D eigenvalue weighted by Gasteiger charge is 2.44. The van der Waals surface area contributed by atoms with Gasteiger partial charge in [0.2, 0.25) is 0 Å². The Hall–Kier alpha value is -2.53. The molecule has 0 saturated heterocycles. The van der Waals surface area contributed by atoms with E-state index in [0.717, 1.165) is 22.5 Å². The van der Waals surface area contributed by atoms with E-state index < -0.39 is 11.4 Å². The highest BCUT2D eigenvalue weighted by atomic mass is 32.1. The Bertz CT molecular complexity index is 954. The molecule has 1 heterocycles. The van der Waals surface area contributed by atoms with E-state index in [0.29, 0.717) is 29.1 Å². The van der Waals surface area contributed by atoms with Crippen molar-refractivity contribution < 1.29 is 14.3 Å². The number of carbonyl (C=O) groups is 1. The summed E-state index contributed by atoms with van der Waals surface area (Å²) in [6.07, 6.45) is 1.24. The predicted octanol–water partition coefficient (Wildman–Crippen LogP) is 4.37. The summed E-state index contributed by atoms with van der Waals surface area (Å²) < 4.78 is 14.7. The average molecular weight is 353 g/mol. The normalized spacial score (nSPS) is 15.1. The van der Waals surface area contributed by atoms with Crippen LogP contribution in [0.4, 0.5) is 4.39 Å². The first kappa shape index (κ1) is 16.0. The number of halogens is 1. The van der Waals surface area contributed by atoms with Crippen LogP contribution >= 0.6 is 11.3 Å². The Morgan fingerprint density at radius 3 is 2.28 bits per heavy atom. The van der Waals surface area contributed by atoms with Crippen molar-refractivity contribution in [2.45, 2.75) is 25.2 Å². The van der Waals surface area contributed by atoms with Gasteiger partial charge in [0.05, 0.1) is 11.1 Å². The molecule has 0 aliphatic heterocycles. The smallest absolute Gasteiger partial charge is 0.347 e. The molecule has 3 nitrogen and oxygen atoms in total. The third-order valence-corrected chi connectivity index (χ3v) is 6.24. The van der Waals surface area contributed by atoms with Crippen LogP contribution in [0, 0.1) is 12.7 Å². The number of thiazole rings is 1. The van der Waals surface area contributed by atoms with Crippen molar-refractivity contribution in [3.8, 4) is 0 Å². The van der Waals surface area contributed by atoms with Crippen LogP contribution in [-0.2, 0) is 18.3 Å². The van der Waals surface area contributed by atoms with Gasteiger partial charge in [0.25, 0.3) is 0 Å². The Morgan fingerprint density at radius 2 is 1.72 bits per heavy atom. The first-order chi connectivity index (χ1) is 12.0. The lowest BCUT2D eigenvalue weighted by Crippen LogP contribution is -2.29. The Balaban J connectivity index is 1.94. The molecule has 0 amide bonds. The summed E-state index contributed by atoms with van der Waals surface area (Å²) in [5, 5.41) is 10.1. The Morgan fingerprint density at radius 1 is 1.12 bits per heavy atom. The van der Waals surface area contributed by atoms with E-state index in [9.17, 15) is 14.3 Å². The van der Waals surface area contributed by atoms with Crippen molar-refractivity contribution in [2.24, 2.45) is 0 Å². The van der Waals surface area contributed by atoms with Crippen LogP contribution in [0.2, 0.25) is 0 Å². The minimum atomic E-state index is -0.986. The van der Waals surface area contributed by atoms with Crippen molar-refractivity contribution in [1.29, 1.82) is 0 Å². The zero-order valence-corrected chi connectivity index (χ0v) is 14.4. The van der Waals surface area contributed by atoms with Crippen molar-refractivity contribution >= 4 is 17.3 Å². The lowest BCUT2D eigenvalue weighted by atomic mass is 9.78. The maximum atomic E-state index is 14.7. The topological polar surface area (TPSA) is 50.2 Å². The largest absolute Gasteiger partial charge is 0.477 e. The number of carboxylic acid groups (broad SMARTS) is 1. The summed E-state index contributed by atoms with van der Waals surface area (Å²) in [5.41, 5.74) is 2.74. The minimum Gasteiger partial charge on any atom is -0.477 e. The van der Waals surface area contributed by atoms with Crippen LogP contribution in [-0.4, -0.2) is 16.1 Å². The van der Waals surface area contributed by atoms with Gasteiger partial charge in [-0.2, -0.15) is 0 Å². The van der Waals surface area contributed by atoms with E-state index in [2.05, 4.69) is 17.1 Å². The predicted molar refractivity (Wildman–Crippen MR) is 94.8 cm³/mol. The average Bonchev–Trinajstić information content (AvgIpc) is 3.16. The van der Waals surface area contributed by atoms with Gasteiger partial charge in [0, 0.05) is 5.56 Å². The number of hydrogen-bond acceptors (Lipinski definition) is 3. The maximum Gasteiger partial charge on any atom is 0.347 e. The molecule has 25 heavy (non-hydrogen) atoms. The van der Waals surface area contributed by atoms with Crippen LogP contribution < -0.4 is 0 Å². The van der Waals surface area contributed by atoms with Crippen LogP contribution in [0.1, 0.15) is 37.1 Å². The minimum absolute atomic E-state index is 0.224. The molecule has 1 aliphatic rings. The van der Waals surface area contributed by atoms with Gasteiger partial charge >= 0.3 is 5.97 Å². The number of benzene rings is 2.